The number of carbonyl (C=O) groups excluding carboxylic acids is 1. The summed E-state index contributed by atoms with van der Waals surface area (Å²) in [6.45, 7) is 3.96. The van der Waals surface area contributed by atoms with Gasteiger partial charge in [0.1, 0.15) is 5.54 Å². The first-order chi connectivity index (χ1) is 8.60. The number of fused-ring (bicyclic) bond motifs is 2. The Balaban J connectivity index is 2.03. The molecule has 5 nitrogen and oxygen atoms in total. The fraction of sp³-hybridized carbons (Fsp3) is 0.846. The van der Waals surface area contributed by atoms with Crippen molar-refractivity contribution in [2.45, 2.75) is 50.3 Å². The van der Waals surface area contributed by atoms with Gasteiger partial charge in [-0.2, -0.15) is 0 Å². The molecule has 0 unspecified atom stereocenters. The van der Waals surface area contributed by atoms with Crippen LogP contribution in [-0.4, -0.2) is 53.2 Å². The van der Waals surface area contributed by atoms with Crippen molar-refractivity contribution in [2.75, 3.05) is 19.6 Å². The molecule has 2 bridgehead atoms. The zero-order valence-electron chi connectivity index (χ0n) is 11.1. The third-order valence-electron chi connectivity index (χ3n) is 4.30. The lowest BCUT2D eigenvalue weighted by atomic mass is 9.87. The second-order valence-corrected chi connectivity index (χ2v) is 5.43. The number of carbonyl (C=O) groups is 1. The summed E-state index contributed by atoms with van der Waals surface area (Å²) in [6.07, 6.45) is 5.30. The molecule has 2 heterocycles. The predicted molar refractivity (Wildman–Crippen MR) is 69.7 cm³/mol. The van der Waals surface area contributed by atoms with Crippen molar-refractivity contribution in [2.24, 2.45) is 5.73 Å². The quantitative estimate of drug-likeness (QED) is 0.605. The van der Waals surface area contributed by atoms with Crippen LogP contribution < -0.4 is 11.1 Å². The molecule has 5 heteroatoms. The molecule has 0 spiro atoms. The number of amides is 1. The van der Waals surface area contributed by atoms with Gasteiger partial charge in [0.25, 0.3) is 0 Å². The highest BCUT2D eigenvalue weighted by atomic mass is 16.3. The van der Waals surface area contributed by atoms with Crippen LogP contribution in [0.3, 0.4) is 0 Å². The second-order valence-electron chi connectivity index (χ2n) is 5.43. The van der Waals surface area contributed by atoms with Gasteiger partial charge in [-0.25, -0.2) is 0 Å². The number of nitrogens with zero attached hydrogens (tertiary/aromatic N) is 1. The van der Waals surface area contributed by atoms with Crippen LogP contribution >= 0.6 is 0 Å². The molecule has 1 amide bonds. The molecular formula is C13H24N3O2. The Morgan fingerprint density at radius 3 is 3.17 bits per heavy atom. The van der Waals surface area contributed by atoms with Crippen LogP contribution in [0.1, 0.15) is 32.6 Å². The number of β-amino-alcohol motifs (C(OH)–C–C–N with tert-alkyl or cyclic N) is 1. The van der Waals surface area contributed by atoms with Crippen molar-refractivity contribution in [1.29, 1.82) is 0 Å². The summed E-state index contributed by atoms with van der Waals surface area (Å²) in [6, 6.07) is 0.377. The third-order valence-corrected chi connectivity index (χ3v) is 4.30. The number of nitrogens with two attached hydrogens (primary N) is 1. The standard InChI is InChI=1S/C13H24N3O2/c1-2-15-8-11(17)9-16-10-4-3-6-13(16,7-5-10)12(14)18/h3,10-11,15,17H,2,4-9H2,1H3,(H2,14,18)/t10-,11-,13+/m1/s1. The van der Waals surface area contributed by atoms with Crippen LogP contribution in [0.5, 0.6) is 0 Å². The van der Waals surface area contributed by atoms with E-state index in [4.69, 9.17) is 5.73 Å². The number of nitrogens with one attached hydrogen (secondary N) is 1. The van der Waals surface area contributed by atoms with Gasteiger partial charge in [0, 0.05) is 19.1 Å². The first-order valence-corrected chi connectivity index (χ1v) is 6.87. The van der Waals surface area contributed by atoms with Gasteiger partial charge in [0.15, 0.2) is 0 Å². The summed E-state index contributed by atoms with van der Waals surface area (Å²) in [5, 5.41) is 13.2. The fourth-order valence-electron chi connectivity index (χ4n) is 3.32. The van der Waals surface area contributed by atoms with Gasteiger partial charge in [-0.05, 0) is 38.6 Å². The number of aliphatic hydroxyl groups excluding tert-OH is 1. The molecule has 3 atom stereocenters. The SMILES string of the molecule is CCNC[C@@H](O)CN1[C@@H]2C[CH]C[C@@]1(C(N)=O)CC2. The average molecular weight is 254 g/mol. The van der Waals surface area contributed by atoms with E-state index in [1.807, 2.05) is 6.92 Å². The van der Waals surface area contributed by atoms with Crippen molar-refractivity contribution in [3.05, 3.63) is 6.42 Å². The minimum atomic E-state index is -0.532. The van der Waals surface area contributed by atoms with Crippen molar-refractivity contribution >= 4 is 5.91 Å². The Hall–Kier alpha value is -0.650. The minimum Gasteiger partial charge on any atom is -0.390 e. The lowest BCUT2D eigenvalue weighted by Gasteiger charge is -2.43. The van der Waals surface area contributed by atoms with Crippen molar-refractivity contribution < 1.29 is 9.90 Å². The fourth-order valence-corrected chi connectivity index (χ4v) is 3.32. The van der Waals surface area contributed by atoms with Crippen LogP contribution in [0.15, 0.2) is 0 Å². The first kappa shape index (κ1) is 13.8. The van der Waals surface area contributed by atoms with Crippen LogP contribution in [0.2, 0.25) is 0 Å². The van der Waals surface area contributed by atoms with E-state index in [0.29, 0.717) is 19.1 Å². The number of hydrogen-bond donors (Lipinski definition) is 3. The molecule has 0 aromatic rings. The van der Waals surface area contributed by atoms with Gasteiger partial charge >= 0.3 is 0 Å². The molecule has 0 aromatic carbocycles. The minimum absolute atomic E-state index is 0.239. The molecule has 2 aliphatic rings. The van der Waals surface area contributed by atoms with E-state index >= 15 is 0 Å². The molecule has 0 saturated carbocycles. The maximum atomic E-state index is 11.8. The summed E-state index contributed by atoms with van der Waals surface area (Å²) in [7, 11) is 0. The van der Waals surface area contributed by atoms with E-state index in [-0.39, 0.29) is 5.91 Å². The van der Waals surface area contributed by atoms with Crippen molar-refractivity contribution in [3.63, 3.8) is 0 Å². The first-order valence-electron chi connectivity index (χ1n) is 6.87. The Bertz CT molecular complexity index is 307. The van der Waals surface area contributed by atoms with Crippen molar-refractivity contribution in [1.82, 2.24) is 10.2 Å². The third kappa shape index (κ3) is 2.39. The smallest absolute Gasteiger partial charge is 0.237 e. The van der Waals surface area contributed by atoms with Gasteiger partial charge < -0.3 is 16.2 Å². The molecule has 2 aliphatic heterocycles. The van der Waals surface area contributed by atoms with E-state index in [2.05, 4.69) is 16.6 Å². The predicted octanol–water partition coefficient (Wildman–Crippen LogP) is -0.357. The van der Waals surface area contributed by atoms with E-state index in [1.54, 1.807) is 0 Å². The molecule has 1 radical (unpaired) electrons. The van der Waals surface area contributed by atoms with Crippen molar-refractivity contribution in [3.8, 4) is 0 Å². The number of aliphatic hydroxyl groups is 1. The molecule has 2 saturated heterocycles. The van der Waals surface area contributed by atoms with Gasteiger partial charge in [-0.3, -0.25) is 9.69 Å². The lowest BCUT2D eigenvalue weighted by Crippen LogP contribution is -2.60. The number of rotatable bonds is 6. The Kier molecular flexibility index (Phi) is 4.25. The molecule has 0 aromatic heterocycles. The van der Waals surface area contributed by atoms with E-state index in [1.165, 1.54) is 0 Å². The summed E-state index contributed by atoms with van der Waals surface area (Å²) in [5.41, 5.74) is 5.08. The molecule has 2 fully saturated rings. The van der Waals surface area contributed by atoms with E-state index in [9.17, 15) is 9.90 Å². The summed E-state index contributed by atoms with van der Waals surface area (Å²) in [5.74, 6) is -0.239. The molecule has 2 rings (SSSR count). The van der Waals surface area contributed by atoms with Crippen LogP contribution in [0.25, 0.3) is 0 Å². The molecule has 4 N–H and O–H groups in total. The molecule has 0 aliphatic carbocycles. The largest absolute Gasteiger partial charge is 0.390 e. The lowest BCUT2D eigenvalue weighted by molar-refractivity contribution is -0.131. The summed E-state index contributed by atoms with van der Waals surface area (Å²) in [4.78, 5) is 14.0. The second kappa shape index (κ2) is 5.55. The zero-order chi connectivity index (χ0) is 13.2. The highest BCUT2D eigenvalue weighted by Gasteiger charge is 2.52. The van der Waals surface area contributed by atoms with Crippen LogP contribution in [-0.2, 0) is 4.79 Å². The molecule has 18 heavy (non-hydrogen) atoms. The summed E-state index contributed by atoms with van der Waals surface area (Å²) < 4.78 is 0. The number of hydrogen-bond acceptors (Lipinski definition) is 4. The molecular weight excluding hydrogens is 230 g/mol. The van der Waals surface area contributed by atoms with E-state index < -0.39 is 11.6 Å². The average Bonchev–Trinajstić information content (AvgIpc) is 2.56. The highest BCUT2D eigenvalue weighted by molar-refractivity contribution is 5.85. The summed E-state index contributed by atoms with van der Waals surface area (Å²) >= 11 is 0. The number of likely N-dealkylation sites (N-methyl/N-ethyl adjacent to an activating group) is 1. The topological polar surface area (TPSA) is 78.6 Å². The number of piperidine rings is 1. The van der Waals surface area contributed by atoms with Crippen LogP contribution in [0, 0.1) is 6.42 Å². The van der Waals surface area contributed by atoms with Gasteiger partial charge in [-0.15, -0.1) is 0 Å². The Morgan fingerprint density at radius 2 is 2.50 bits per heavy atom. The van der Waals surface area contributed by atoms with Gasteiger partial charge in [0.2, 0.25) is 5.91 Å². The van der Waals surface area contributed by atoms with E-state index in [0.717, 1.165) is 32.2 Å². The maximum Gasteiger partial charge on any atom is 0.237 e. The van der Waals surface area contributed by atoms with Crippen LogP contribution in [0.4, 0.5) is 0 Å². The van der Waals surface area contributed by atoms with Gasteiger partial charge in [0.05, 0.1) is 6.10 Å². The normalized spacial score (nSPS) is 33.6. The number of primary amides is 1. The van der Waals surface area contributed by atoms with Gasteiger partial charge in [-0.1, -0.05) is 6.92 Å². The molecule has 103 valence electrons. The monoisotopic (exact) mass is 254 g/mol. The Morgan fingerprint density at radius 1 is 1.72 bits per heavy atom. The zero-order valence-corrected chi connectivity index (χ0v) is 11.1. The maximum absolute atomic E-state index is 11.8. The highest BCUT2D eigenvalue weighted by Crippen LogP contribution is 2.43. The Labute approximate surface area is 109 Å².